The van der Waals surface area contributed by atoms with Crippen LogP contribution in [-0.2, 0) is 13.0 Å². The molecular weight excluding hydrogens is 299 g/mol. The van der Waals surface area contributed by atoms with Crippen LogP contribution < -0.4 is 5.32 Å². The molecule has 1 unspecified atom stereocenters. The molecule has 1 aliphatic carbocycles. The van der Waals surface area contributed by atoms with Gasteiger partial charge in [0.15, 0.2) is 0 Å². The van der Waals surface area contributed by atoms with Crippen molar-refractivity contribution in [3.63, 3.8) is 0 Å². The van der Waals surface area contributed by atoms with Gasteiger partial charge in [-0.25, -0.2) is 4.39 Å². The third-order valence-corrected chi connectivity index (χ3v) is 4.95. The van der Waals surface area contributed by atoms with E-state index in [1.54, 1.807) is 12.1 Å². The SMILES string of the molecule is CNC1CCc2c1cn(Cc1ccccc1)c2-c1ccccc1F. The first-order valence-electron chi connectivity index (χ1n) is 8.46. The molecule has 1 N–H and O–H groups in total. The molecule has 4 rings (SSSR count). The van der Waals surface area contributed by atoms with E-state index in [2.05, 4.69) is 28.2 Å². The Morgan fingerprint density at radius 3 is 2.58 bits per heavy atom. The van der Waals surface area contributed by atoms with Crippen LogP contribution in [0.2, 0.25) is 0 Å². The highest BCUT2D eigenvalue weighted by atomic mass is 19.1. The molecule has 3 heteroatoms. The van der Waals surface area contributed by atoms with E-state index < -0.39 is 0 Å². The van der Waals surface area contributed by atoms with Crippen LogP contribution in [0, 0.1) is 5.82 Å². The molecule has 0 saturated heterocycles. The summed E-state index contributed by atoms with van der Waals surface area (Å²) in [5.41, 5.74) is 5.56. The Bertz CT molecular complexity index is 852. The highest BCUT2D eigenvalue weighted by molar-refractivity contribution is 5.68. The fourth-order valence-electron chi connectivity index (χ4n) is 3.80. The van der Waals surface area contributed by atoms with Crippen molar-refractivity contribution >= 4 is 0 Å². The van der Waals surface area contributed by atoms with E-state index in [9.17, 15) is 4.39 Å². The van der Waals surface area contributed by atoms with Gasteiger partial charge >= 0.3 is 0 Å². The van der Waals surface area contributed by atoms with Crippen LogP contribution in [0.5, 0.6) is 0 Å². The number of aromatic nitrogens is 1. The lowest BCUT2D eigenvalue weighted by Gasteiger charge is -2.13. The quantitative estimate of drug-likeness (QED) is 0.746. The van der Waals surface area contributed by atoms with Crippen LogP contribution in [0.3, 0.4) is 0 Å². The number of fused-ring (bicyclic) bond motifs is 1. The van der Waals surface area contributed by atoms with Crippen molar-refractivity contribution in [2.75, 3.05) is 7.05 Å². The zero-order valence-corrected chi connectivity index (χ0v) is 13.8. The van der Waals surface area contributed by atoms with Gasteiger partial charge in [-0.2, -0.15) is 0 Å². The first kappa shape index (κ1) is 15.2. The Balaban J connectivity index is 1.86. The summed E-state index contributed by atoms with van der Waals surface area (Å²) in [4.78, 5) is 0. The summed E-state index contributed by atoms with van der Waals surface area (Å²) in [6.45, 7) is 0.758. The molecule has 2 aromatic carbocycles. The summed E-state index contributed by atoms with van der Waals surface area (Å²) in [5.74, 6) is -0.152. The largest absolute Gasteiger partial charge is 0.342 e. The normalized spacial score (nSPS) is 16.3. The number of nitrogens with one attached hydrogen (secondary N) is 1. The van der Waals surface area contributed by atoms with Crippen LogP contribution in [-0.4, -0.2) is 11.6 Å². The van der Waals surface area contributed by atoms with Crippen molar-refractivity contribution in [3.05, 3.63) is 83.3 Å². The minimum atomic E-state index is -0.152. The standard InChI is InChI=1S/C21H21FN2/c1-23-20-12-11-16-18(20)14-24(13-15-7-3-2-4-8-15)21(16)17-9-5-6-10-19(17)22/h2-10,14,20,23H,11-13H2,1H3. The molecular formula is C21H21FN2. The van der Waals surface area contributed by atoms with Gasteiger partial charge < -0.3 is 9.88 Å². The molecule has 1 aromatic heterocycles. The van der Waals surface area contributed by atoms with Crippen LogP contribution >= 0.6 is 0 Å². The molecule has 1 atom stereocenters. The lowest BCUT2D eigenvalue weighted by Crippen LogP contribution is -2.12. The Hall–Kier alpha value is -2.39. The van der Waals surface area contributed by atoms with E-state index in [4.69, 9.17) is 0 Å². The third-order valence-electron chi connectivity index (χ3n) is 4.95. The van der Waals surface area contributed by atoms with Gasteiger partial charge in [-0.15, -0.1) is 0 Å². The summed E-state index contributed by atoms with van der Waals surface area (Å²) in [6.07, 6.45) is 4.28. The molecule has 0 aliphatic heterocycles. The minimum Gasteiger partial charge on any atom is -0.342 e. The molecule has 3 aromatic rings. The summed E-state index contributed by atoms with van der Waals surface area (Å²) in [6, 6.07) is 17.8. The molecule has 24 heavy (non-hydrogen) atoms. The molecule has 2 nitrogen and oxygen atoms in total. The molecule has 0 spiro atoms. The first-order chi connectivity index (χ1) is 11.8. The molecule has 0 fully saturated rings. The molecule has 1 aliphatic rings. The second-order valence-electron chi connectivity index (χ2n) is 6.38. The first-order valence-corrected chi connectivity index (χ1v) is 8.46. The summed E-state index contributed by atoms with van der Waals surface area (Å²) < 4.78 is 16.7. The number of hydrogen-bond donors (Lipinski definition) is 1. The average Bonchev–Trinajstić information content (AvgIpc) is 3.15. The zero-order valence-electron chi connectivity index (χ0n) is 13.8. The van der Waals surface area contributed by atoms with Crippen molar-refractivity contribution < 1.29 is 4.39 Å². The molecule has 1 heterocycles. The van der Waals surface area contributed by atoms with Crippen LogP contribution in [0.25, 0.3) is 11.3 Å². The molecule has 0 radical (unpaired) electrons. The molecule has 0 bridgehead atoms. The van der Waals surface area contributed by atoms with Crippen molar-refractivity contribution in [3.8, 4) is 11.3 Å². The van der Waals surface area contributed by atoms with E-state index in [0.717, 1.165) is 25.1 Å². The topological polar surface area (TPSA) is 17.0 Å². The average molecular weight is 320 g/mol. The third kappa shape index (κ3) is 2.55. The predicted molar refractivity (Wildman–Crippen MR) is 95.5 cm³/mol. The maximum Gasteiger partial charge on any atom is 0.132 e. The summed E-state index contributed by atoms with van der Waals surface area (Å²) in [5, 5.41) is 3.38. The van der Waals surface area contributed by atoms with Crippen LogP contribution in [0.4, 0.5) is 4.39 Å². The lowest BCUT2D eigenvalue weighted by molar-refractivity contribution is 0.584. The maximum atomic E-state index is 14.5. The van der Waals surface area contributed by atoms with Gasteiger partial charge in [-0.3, -0.25) is 0 Å². The van der Waals surface area contributed by atoms with Gasteiger partial charge in [0, 0.05) is 24.3 Å². The highest BCUT2D eigenvalue weighted by Gasteiger charge is 2.28. The van der Waals surface area contributed by atoms with Gasteiger partial charge in [0.2, 0.25) is 0 Å². The van der Waals surface area contributed by atoms with Gasteiger partial charge in [0.05, 0.1) is 5.69 Å². The maximum absolute atomic E-state index is 14.5. The number of hydrogen-bond acceptors (Lipinski definition) is 1. The van der Waals surface area contributed by atoms with Crippen molar-refractivity contribution in [1.82, 2.24) is 9.88 Å². The van der Waals surface area contributed by atoms with Gasteiger partial charge in [0.1, 0.15) is 5.82 Å². The fourth-order valence-corrected chi connectivity index (χ4v) is 3.80. The number of halogens is 1. The number of rotatable bonds is 4. The summed E-state index contributed by atoms with van der Waals surface area (Å²) >= 11 is 0. The lowest BCUT2D eigenvalue weighted by atomic mass is 10.0. The monoisotopic (exact) mass is 320 g/mol. The van der Waals surface area contributed by atoms with E-state index in [0.29, 0.717) is 11.6 Å². The second-order valence-corrected chi connectivity index (χ2v) is 6.38. The Morgan fingerprint density at radius 2 is 1.83 bits per heavy atom. The van der Waals surface area contributed by atoms with E-state index in [1.165, 1.54) is 16.7 Å². The second kappa shape index (κ2) is 6.25. The molecule has 0 amide bonds. The Morgan fingerprint density at radius 1 is 1.08 bits per heavy atom. The number of nitrogens with zero attached hydrogens (tertiary/aromatic N) is 1. The molecule has 122 valence electrons. The Kier molecular flexibility index (Phi) is 3.95. The zero-order chi connectivity index (χ0) is 16.5. The van der Waals surface area contributed by atoms with E-state index in [-0.39, 0.29) is 5.82 Å². The predicted octanol–water partition coefficient (Wildman–Crippen LogP) is 4.55. The smallest absolute Gasteiger partial charge is 0.132 e. The van der Waals surface area contributed by atoms with Gasteiger partial charge in [0.25, 0.3) is 0 Å². The van der Waals surface area contributed by atoms with Gasteiger partial charge in [-0.05, 0) is 48.7 Å². The summed E-state index contributed by atoms with van der Waals surface area (Å²) in [7, 11) is 2.00. The number of benzene rings is 2. The van der Waals surface area contributed by atoms with E-state index >= 15 is 0 Å². The fraction of sp³-hybridized carbons (Fsp3) is 0.238. The highest BCUT2D eigenvalue weighted by Crippen LogP contribution is 2.40. The minimum absolute atomic E-state index is 0.152. The Labute approximate surface area is 141 Å². The van der Waals surface area contributed by atoms with E-state index in [1.807, 2.05) is 37.4 Å². The molecule has 0 saturated carbocycles. The van der Waals surface area contributed by atoms with Crippen molar-refractivity contribution in [1.29, 1.82) is 0 Å². The van der Waals surface area contributed by atoms with Crippen molar-refractivity contribution in [2.45, 2.75) is 25.4 Å². The van der Waals surface area contributed by atoms with Gasteiger partial charge in [-0.1, -0.05) is 42.5 Å². The van der Waals surface area contributed by atoms with Crippen LogP contribution in [0.15, 0.2) is 60.8 Å². The van der Waals surface area contributed by atoms with Crippen molar-refractivity contribution in [2.24, 2.45) is 0 Å². The van der Waals surface area contributed by atoms with Crippen LogP contribution in [0.1, 0.15) is 29.2 Å².